The van der Waals surface area contributed by atoms with Crippen LogP contribution in [0, 0.1) is 0 Å². The van der Waals surface area contributed by atoms with Gasteiger partial charge in [0.1, 0.15) is 19.0 Å². The molecule has 132 valence electrons. The largest absolute Gasteiger partial charge is 0.489 e. The fraction of sp³-hybridized carbons (Fsp3) is 0.263. The van der Waals surface area contributed by atoms with Gasteiger partial charge in [-0.05, 0) is 36.8 Å². The Hall–Kier alpha value is -2.86. The molecule has 0 saturated carbocycles. The zero-order chi connectivity index (χ0) is 18.1. The van der Waals surface area contributed by atoms with E-state index in [0.717, 1.165) is 5.56 Å². The number of hydrogen-bond acceptors (Lipinski definition) is 5. The standard InChI is InChI=1S/C19H21NO5/c1-14(25-18(21)13-23-2)19(22)20-16-8-10-17(11-9-16)24-12-15-6-4-3-5-7-15/h3-11,14H,12-13H2,1-2H3,(H,20,22)/t14-/m0/s1. The van der Waals surface area contributed by atoms with Gasteiger partial charge in [-0.25, -0.2) is 4.79 Å². The smallest absolute Gasteiger partial charge is 0.332 e. The number of carbonyl (C=O) groups is 2. The summed E-state index contributed by atoms with van der Waals surface area (Å²) in [6, 6.07) is 16.8. The van der Waals surface area contributed by atoms with Crippen molar-refractivity contribution in [3.63, 3.8) is 0 Å². The third-order valence-corrected chi connectivity index (χ3v) is 3.31. The van der Waals surface area contributed by atoms with E-state index >= 15 is 0 Å². The minimum Gasteiger partial charge on any atom is -0.489 e. The highest BCUT2D eigenvalue weighted by Gasteiger charge is 2.17. The van der Waals surface area contributed by atoms with Gasteiger partial charge in [0.05, 0.1) is 0 Å². The summed E-state index contributed by atoms with van der Waals surface area (Å²) >= 11 is 0. The van der Waals surface area contributed by atoms with Crippen LogP contribution in [0.2, 0.25) is 0 Å². The van der Waals surface area contributed by atoms with E-state index in [1.807, 2.05) is 30.3 Å². The van der Waals surface area contributed by atoms with Gasteiger partial charge in [-0.2, -0.15) is 0 Å². The van der Waals surface area contributed by atoms with Crippen molar-refractivity contribution < 1.29 is 23.8 Å². The molecule has 6 nitrogen and oxygen atoms in total. The van der Waals surface area contributed by atoms with Gasteiger partial charge in [-0.1, -0.05) is 30.3 Å². The van der Waals surface area contributed by atoms with Gasteiger partial charge in [0.15, 0.2) is 6.10 Å². The first-order valence-electron chi connectivity index (χ1n) is 7.84. The topological polar surface area (TPSA) is 73.9 Å². The highest BCUT2D eigenvalue weighted by molar-refractivity contribution is 5.95. The van der Waals surface area contributed by atoms with Gasteiger partial charge in [0.2, 0.25) is 0 Å². The molecule has 2 aromatic carbocycles. The first-order chi connectivity index (χ1) is 12.1. The normalized spacial score (nSPS) is 11.4. The number of methoxy groups -OCH3 is 1. The van der Waals surface area contributed by atoms with E-state index in [0.29, 0.717) is 18.0 Å². The van der Waals surface area contributed by atoms with E-state index in [1.54, 1.807) is 24.3 Å². The number of benzene rings is 2. The molecule has 0 saturated heterocycles. The Labute approximate surface area is 146 Å². The molecule has 6 heteroatoms. The quantitative estimate of drug-likeness (QED) is 0.746. The predicted molar refractivity (Wildman–Crippen MR) is 93.3 cm³/mol. The van der Waals surface area contributed by atoms with Crippen LogP contribution in [-0.2, 0) is 25.7 Å². The van der Waals surface area contributed by atoms with Gasteiger partial charge in [0, 0.05) is 12.8 Å². The van der Waals surface area contributed by atoms with Crippen molar-refractivity contribution in [2.24, 2.45) is 0 Å². The van der Waals surface area contributed by atoms with Crippen molar-refractivity contribution in [2.45, 2.75) is 19.6 Å². The Morgan fingerprint density at radius 1 is 1.04 bits per heavy atom. The lowest BCUT2D eigenvalue weighted by Gasteiger charge is -2.13. The highest BCUT2D eigenvalue weighted by Crippen LogP contribution is 2.17. The number of esters is 1. The molecule has 2 rings (SSSR count). The number of anilines is 1. The monoisotopic (exact) mass is 343 g/mol. The second-order valence-corrected chi connectivity index (χ2v) is 5.35. The molecule has 0 radical (unpaired) electrons. The predicted octanol–water partition coefficient (Wildman–Crippen LogP) is 2.78. The van der Waals surface area contributed by atoms with Crippen molar-refractivity contribution in [3.05, 3.63) is 60.2 Å². The maximum Gasteiger partial charge on any atom is 0.332 e. The number of ether oxygens (including phenoxy) is 3. The summed E-state index contributed by atoms with van der Waals surface area (Å²) in [7, 11) is 1.38. The van der Waals surface area contributed by atoms with Gasteiger partial charge in [-0.15, -0.1) is 0 Å². The summed E-state index contributed by atoms with van der Waals surface area (Å²) < 4.78 is 15.3. The maximum absolute atomic E-state index is 12.0. The fourth-order valence-corrected chi connectivity index (χ4v) is 2.02. The first kappa shape index (κ1) is 18.5. The van der Waals surface area contributed by atoms with Crippen LogP contribution in [0.25, 0.3) is 0 Å². The molecule has 0 aliphatic rings. The summed E-state index contributed by atoms with van der Waals surface area (Å²) in [5, 5.41) is 2.68. The van der Waals surface area contributed by atoms with Crippen molar-refractivity contribution in [1.29, 1.82) is 0 Å². The van der Waals surface area contributed by atoms with E-state index in [-0.39, 0.29) is 6.61 Å². The highest BCUT2D eigenvalue weighted by atomic mass is 16.6. The van der Waals surface area contributed by atoms with Crippen LogP contribution >= 0.6 is 0 Å². The first-order valence-corrected chi connectivity index (χ1v) is 7.84. The number of hydrogen-bond donors (Lipinski definition) is 1. The average Bonchev–Trinajstić information content (AvgIpc) is 2.62. The van der Waals surface area contributed by atoms with E-state index in [1.165, 1.54) is 14.0 Å². The van der Waals surface area contributed by atoms with Crippen LogP contribution in [0.3, 0.4) is 0 Å². The lowest BCUT2D eigenvalue weighted by Crippen LogP contribution is -2.31. The molecular weight excluding hydrogens is 322 g/mol. The maximum atomic E-state index is 12.0. The molecule has 0 aromatic heterocycles. The summed E-state index contributed by atoms with van der Waals surface area (Å²) in [6.07, 6.45) is -0.906. The molecule has 0 aliphatic heterocycles. The zero-order valence-electron chi connectivity index (χ0n) is 14.2. The second-order valence-electron chi connectivity index (χ2n) is 5.35. The van der Waals surface area contributed by atoms with E-state index in [4.69, 9.17) is 9.47 Å². The van der Waals surface area contributed by atoms with Crippen molar-refractivity contribution >= 4 is 17.6 Å². The second kappa shape index (κ2) is 9.44. The van der Waals surface area contributed by atoms with Crippen LogP contribution in [0.15, 0.2) is 54.6 Å². The lowest BCUT2D eigenvalue weighted by atomic mass is 10.2. The third-order valence-electron chi connectivity index (χ3n) is 3.31. The Kier molecular flexibility index (Phi) is 6.98. The van der Waals surface area contributed by atoms with Crippen molar-refractivity contribution in [1.82, 2.24) is 0 Å². The Bertz CT molecular complexity index is 685. The molecule has 25 heavy (non-hydrogen) atoms. The SMILES string of the molecule is COCC(=O)O[C@@H](C)C(=O)Nc1ccc(OCc2ccccc2)cc1. The van der Waals surface area contributed by atoms with E-state index in [9.17, 15) is 9.59 Å². The van der Waals surface area contributed by atoms with Crippen LogP contribution in [-0.4, -0.2) is 31.7 Å². The van der Waals surface area contributed by atoms with Crippen LogP contribution in [0.5, 0.6) is 5.75 Å². The molecule has 0 aliphatic carbocycles. The molecule has 2 aromatic rings. The Morgan fingerprint density at radius 3 is 2.36 bits per heavy atom. The zero-order valence-corrected chi connectivity index (χ0v) is 14.2. The minimum absolute atomic E-state index is 0.189. The van der Waals surface area contributed by atoms with E-state index in [2.05, 4.69) is 10.1 Å². The Morgan fingerprint density at radius 2 is 1.72 bits per heavy atom. The summed E-state index contributed by atoms with van der Waals surface area (Å²) in [5.41, 5.74) is 1.67. The molecule has 0 unspecified atom stereocenters. The number of amides is 1. The average molecular weight is 343 g/mol. The lowest BCUT2D eigenvalue weighted by molar-refractivity contribution is -0.156. The van der Waals surface area contributed by atoms with Gasteiger partial charge in [-0.3, -0.25) is 4.79 Å². The summed E-state index contributed by atoms with van der Waals surface area (Å²) in [6.45, 7) is 1.78. The van der Waals surface area contributed by atoms with Crippen molar-refractivity contribution in [3.8, 4) is 5.75 Å². The number of nitrogens with one attached hydrogen (secondary N) is 1. The molecule has 0 bridgehead atoms. The van der Waals surface area contributed by atoms with Crippen molar-refractivity contribution in [2.75, 3.05) is 19.0 Å². The summed E-state index contributed by atoms with van der Waals surface area (Å²) in [5.74, 6) is -0.307. The summed E-state index contributed by atoms with van der Waals surface area (Å²) in [4.78, 5) is 23.3. The van der Waals surface area contributed by atoms with Crippen LogP contribution in [0.1, 0.15) is 12.5 Å². The van der Waals surface area contributed by atoms with Crippen LogP contribution in [0.4, 0.5) is 5.69 Å². The molecular formula is C19H21NO5. The fourth-order valence-electron chi connectivity index (χ4n) is 2.02. The molecule has 1 amide bonds. The molecule has 0 fully saturated rings. The molecule has 1 N–H and O–H groups in total. The minimum atomic E-state index is -0.906. The third kappa shape index (κ3) is 6.27. The number of carbonyl (C=O) groups excluding carboxylic acids is 2. The molecule has 0 heterocycles. The van der Waals surface area contributed by atoms with Gasteiger partial charge in [0.25, 0.3) is 5.91 Å². The van der Waals surface area contributed by atoms with Gasteiger partial charge >= 0.3 is 5.97 Å². The number of rotatable bonds is 8. The van der Waals surface area contributed by atoms with Gasteiger partial charge < -0.3 is 19.5 Å². The molecule has 1 atom stereocenters. The van der Waals surface area contributed by atoms with Crippen LogP contribution < -0.4 is 10.1 Å². The Balaban J connectivity index is 1.83. The van der Waals surface area contributed by atoms with E-state index < -0.39 is 18.0 Å². The molecule has 0 spiro atoms.